The molecule has 2 amide bonds. The van der Waals surface area contributed by atoms with Gasteiger partial charge in [0.2, 0.25) is 11.8 Å². The Labute approximate surface area is 162 Å². The van der Waals surface area contributed by atoms with Crippen molar-refractivity contribution in [1.29, 1.82) is 0 Å². The number of para-hydroxylation sites is 3. The molecule has 1 N–H and O–H groups in total. The molecule has 1 aliphatic heterocycles. The summed E-state index contributed by atoms with van der Waals surface area (Å²) in [6.45, 7) is 1.53. The van der Waals surface area contributed by atoms with E-state index in [9.17, 15) is 9.59 Å². The fourth-order valence-corrected chi connectivity index (χ4v) is 3.33. The van der Waals surface area contributed by atoms with Gasteiger partial charge >= 0.3 is 0 Å². The Hall–Kier alpha value is -3.41. The molecule has 142 valence electrons. The summed E-state index contributed by atoms with van der Waals surface area (Å²) in [5.74, 6) is -0.0336. The fourth-order valence-electron chi connectivity index (χ4n) is 3.33. The van der Waals surface area contributed by atoms with Gasteiger partial charge in [0.05, 0.1) is 11.3 Å². The van der Waals surface area contributed by atoms with Crippen molar-refractivity contribution in [3.63, 3.8) is 0 Å². The van der Waals surface area contributed by atoms with Gasteiger partial charge in [-0.3, -0.25) is 9.59 Å². The minimum Gasteiger partial charge on any atom is -0.437 e. The quantitative estimate of drug-likeness (QED) is 0.697. The second-order valence-electron chi connectivity index (χ2n) is 6.74. The summed E-state index contributed by atoms with van der Waals surface area (Å²) in [5.41, 5.74) is 2.42. The van der Waals surface area contributed by atoms with E-state index in [2.05, 4.69) is 10.3 Å². The van der Waals surface area contributed by atoms with Gasteiger partial charge in [0, 0.05) is 25.2 Å². The van der Waals surface area contributed by atoms with Gasteiger partial charge in [-0.05, 0) is 43.5 Å². The minimum absolute atomic E-state index is 0.0430. The van der Waals surface area contributed by atoms with Crippen LogP contribution in [0.2, 0.25) is 0 Å². The standard InChI is InChI=1S/C22H21N3O3/c26-20(12-13-21-24-18-10-4-5-11-19(18)28-21)23-17-9-3-2-8-16(17)22(27)25-14-6-1-7-15-25/h2-5,8-13H,1,6-7,14-15H2,(H,23,26)/b13-12+. The predicted octanol–water partition coefficient (Wildman–Crippen LogP) is 4.11. The number of oxazole rings is 1. The molecule has 0 spiro atoms. The molecule has 3 aromatic rings. The van der Waals surface area contributed by atoms with Crippen LogP contribution in [0.25, 0.3) is 17.2 Å². The van der Waals surface area contributed by atoms with E-state index in [1.54, 1.807) is 24.3 Å². The number of piperidine rings is 1. The van der Waals surface area contributed by atoms with Crippen molar-refractivity contribution in [2.75, 3.05) is 18.4 Å². The van der Waals surface area contributed by atoms with Crippen molar-refractivity contribution in [3.05, 3.63) is 66.1 Å². The average Bonchev–Trinajstić information content (AvgIpc) is 3.16. The second-order valence-corrected chi connectivity index (χ2v) is 6.74. The normalized spacial score (nSPS) is 14.5. The number of nitrogens with one attached hydrogen (secondary N) is 1. The maximum Gasteiger partial charge on any atom is 0.255 e. The Morgan fingerprint density at radius 3 is 2.57 bits per heavy atom. The van der Waals surface area contributed by atoms with Crippen LogP contribution in [0.3, 0.4) is 0 Å². The van der Waals surface area contributed by atoms with Crippen LogP contribution in [0, 0.1) is 0 Å². The first-order valence-corrected chi connectivity index (χ1v) is 9.44. The molecular formula is C22H21N3O3. The van der Waals surface area contributed by atoms with Gasteiger partial charge in [0.15, 0.2) is 5.58 Å². The number of aromatic nitrogens is 1. The number of amides is 2. The molecule has 0 unspecified atom stereocenters. The first kappa shape index (κ1) is 18.0. The summed E-state index contributed by atoms with van der Waals surface area (Å²) in [4.78, 5) is 31.3. The van der Waals surface area contributed by atoms with E-state index in [1.807, 2.05) is 29.2 Å². The van der Waals surface area contributed by atoms with Crippen LogP contribution in [-0.2, 0) is 4.79 Å². The third-order valence-electron chi connectivity index (χ3n) is 4.75. The van der Waals surface area contributed by atoms with Crippen LogP contribution in [0.15, 0.2) is 59.0 Å². The Bertz CT molecular complexity index is 999. The van der Waals surface area contributed by atoms with E-state index in [0.29, 0.717) is 22.7 Å². The van der Waals surface area contributed by atoms with Gasteiger partial charge in [0.1, 0.15) is 5.52 Å². The summed E-state index contributed by atoms with van der Waals surface area (Å²) in [7, 11) is 0. The molecule has 2 aromatic carbocycles. The molecule has 2 heterocycles. The molecular weight excluding hydrogens is 354 g/mol. The van der Waals surface area contributed by atoms with E-state index in [-0.39, 0.29) is 11.8 Å². The summed E-state index contributed by atoms with van der Waals surface area (Å²) in [6, 6.07) is 14.5. The minimum atomic E-state index is -0.346. The number of likely N-dealkylation sites (tertiary alicyclic amines) is 1. The highest BCUT2D eigenvalue weighted by Gasteiger charge is 2.20. The molecule has 1 aliphatic rings. The number of hydrogen-bond donors (Lipinski definition) is 1. The number of anilines is 1. The molecule has 0 bridgehead atoms. The average molecular weight is 375 g/mol. The monoisotopic (exact) mass is 375 g/mol. The zero-order valence-corrected chi connectivity index (χ0v) is 15.4. The van der Waals surface area contributed by atoms with Crippen LogP contribution in [0.4, 0.5) is 5.69 Å². The summed E-state index contributed by atoms with van der Waals surface area (Å²) in [6.07, 6.45) is 6.07. The molecule has 0 atom stereocenters. The summed E-state index contributed by atoms with van der Waals surface area (Å²) in [5, 5.41) is 2.79. The zero-order valence-electron chi connectivity index (χ0n) is 15.4. The Morgan fingerprint density at radius 1 is 1.00 bits per heavy atom. The van der Waals surface area contributed by atoms with Crippen molar-refractivity contribution in [1.82, 2.24) is 9.88 Å². The number of carbonyl (C=O) groups is 2. The van der Waals surface area contributed by atoms with Gasteiger partial charge < -0.3 is 14.6 Å². The number of nitrogens with zero attached hydrogens (tertiary/aromatic N) is 2. The number of carbonyl (C=O) groups excluding carboxylic acids is 2. The van der Waals surface area contributed by atoms with Crippen LogP contribution >= 0.6 is 0 Å². The van der Waals surface area contributed by atoms with Crippen molar-refractivity contribution < 1.29 is 14.0 Å². The topological polar surface area (TPSA) is 75.4 Å². The zero-order chi connectivity index (χ0) is 19.3. The molecule has 28 heavy (non-hydrogen) atoms. The molecule has 0 radical (unpaired) electrons. The maximum atomic E-state index is 12.8. The van der Waals surface area contributed by atoms with Crippen molar-refractivity contribution >= 4 is 34.7 Å². The van der Waals surface area contributed by atoms with Crippen molar-refractivity contribution in [2.45, 2.75) is 19.3 Å². The van der Waals surface area contributed by atoms with Crippen molar-refractivity contribution in [2.24, 2.45) is 0 Å². The molecule has 4 rings (SSSR count). The maximum absolute atomic E-state index is 12.8. The Balaban J connectivity index is 1.47. The molecule has 1 aromatic heterocycles. The molecule has 6 nitrogen and oxygen atoms in total. The van der Waals surface area contributed by atoms with Gasteiger partial charge in [-0.1, -0.05) is 24.3 Å². The van der Waals surface area contributed by atoms with Crippen LogP contribution in [-0.4, -0.2) is 34.8 Å². The Kier molecular flexibility index (Phi) is 5.19. The molecule has 6 heteroatoms. The van der Waals surface area contributed by atoms with Gasteiger partial charge in [-0.2, -0.15) is 0 Å². The largest absolute Gasteiger partial charge is 0.437 e. The second kappa shape index (κ2) is 8.08. The highest BCUT2D eigenvalue weighted by Crippen LogP contribution is 2.20. The first-order chi connectivity index (χ1) is 13.7. The molecule has 1 fully saturated rings. The molecule has 0 aliphatic carbocycles. The fraction of sp³-hybridized carbons (Fsp3) is 0.227. The van der Waals surface area contributed by atoms with Crippen LogP contribution in [0.1, 0.15) is 35.5 Å². The number of rotatable bonds is 4. The van der Waals surface area contributed by atoms with E-state index in [0.717, 1.165) is 37.9 Å². The first-order valence-electron chi connectivity index (χ1n) is 9.44. The van der Waals surface area contributed by atoms with Gasteiger partial charge in [-0.15, -0.1) is 0 Å². The highest BCUT2D eigenvalue weighted by atomic mass is 16.3. The highest BCUT2D eigenvalue weighted by molar-refractivity contribution is 6.07. The lowest BCUT2D eigenvalue weighted by molar-refractivity contribution is -0.111. The smallest absolute Gasteiger partial charge is 0.255 e. The lowest BCUT2D eigenvalue weighted by atomic mass is 10.1. The lowest BCUT2D eigenvalue weighted by Crippen LogP contribution is -2.36. The van der Waals surface area contributed by atoms with E-state index in [1.165, 1.54) is 12.2 Å². The predicted molar refractivity (Wildman–Crippen MR) is 108 cm³/mol. The third kappa shape index (κ3) is 3.96. The number of hydrogen-bond acceptors (Lipinski definition) is 4. The lowest BCUT2D eigenvalue weighted by Gasteiger charge is -2.27. The molecule has 0 saturated carbocycles. The van der Waals surface area contributed by atoms with Crippen molar-refractivity contribution in [3.8, 4) is 0 Å². The van der Waals surface area contributed by atoms with E-state index < -0.39 is 0 Å². The van der Waals surface area contributed by atoms with E-state index in [4.69, 9.17) is 4.42 Å². The number of fused-ring (bicyclic) bond motifs is 1. The number of benzene rings is 2. The van der Waals surface area contributed by atoms with Gasteiger partial charge in [0.25, 0.3) is 5.91 Å². The summed E-state index contributed by atoms with van der Waals surface area (Å²) >= 11 is 0. The molecule has 1 saturated heterocycles. The summed E-state index contributed by atoms with van der Waals surface area (Å²) < 4.78 is 5.57. The van der Waals surface area contributed by atoms with Crippen LogP contribution in [0.5, 0.6) is 0 Å². The Morgan fingerprint density at radius 2 is 1.75 bits per heavy atom. The third-order valence-corrected chi connectivity index (χ3v) is 4.75. The van der Waals surface area contributed by atoms with E-state index >= 15 is 0 Å². The SMILES string of the molecule is O=C(/C=C/c1nc2ccccc2o1)Nc1ccccc1C(=O)N1CCCCC1. The van der Waals surface area contributed by atoms with Crippen LogP contribution < -0.4 is 5.32 Å². The van der Waals surface area contributed by atoms with Gasteiger partial charge in [-0.25, -0.2) is 4.98 Å².